The van der Waals surface area contributed by atoms with Gasteiger partial charge in [-0.1, -0.05) is 55.4 Å². The minimum Gasteiger partial charge on any atom is -0.457 e. The molecule has 0 amide bonds. The monoisotopic (exact) mass is 304 g/mol. The van der Waals surface area contributed by atoms with Gasteiger partial charge in [0.05, 0.1) is 0 Å². The van der Waals surface area contributed by atoms with Crippen LogP contribution in [0.5, 0.6) is 0 Å². The maximum Gasteiger partial charge on any atom is 0.330 e. The minimum atomic E-state index is -0.398. The highest BCUT2D eigenvalue weighted by atomic mass is 79.9. The van der Waals surface area contributed by atoms with Crippen molar-refractivity contribution >= 4 is 21.9 Å². The SMILES string of the molecule is C=CC(=O)OC(C)(C)C.CC(C)(C)C=CCBr. The van der Waals surface area contributed by atoms with E-state index in [2.05, 4.69) is 55.4 Å². The third kappa shape index (κ3) is 21.3. The van der Waals surface area contributed by atoms with Crippen LogP contribution >= 0.6 is 15.9 Å². The fraction of sp³-hybridized carbons (Fsp3) is 0.643. The molecule has 0 aliphatic heterocycles. The van der Waals surface area contributed by atoms with E-state index in [1.54, 1.807) is 0 Å². The lowest BCUT2D eigenvalue weighted by atomic mass is 9.97. The molecular weight excluding hydrogens is 280 g/mol. The van der Waals surface area contributed by atoms with Crippen molar-refractivity contribution in [3.05, 3.63) is 24.8 Å². The van der Waals surface area contributed by atoms with Crippen LogP contribution in [-0.4, -0.2) is 16.9 Å². The minimum absolute atomic E-state index is 0.341. The number of ether oxygens (including phenoxy) is 1. The van der Waals surface area contributed by atoms with E-state index in [-0.39, 0.29) is 5.97 Å². The number of hydrogen-bond donors (Lipinski definition) is 0. The highest BCUT2D eigenvalue weighted by molar-refractivity contribution is 9.09. The van der Waals surface area contributed by atoms with Gasteiger partial charge in [-0.15, -0.1) is 0 Å². The van der Waals surface area contributed by atoms with Crippen LogP contribution in [0.25, 0.3) is 0 Å². The van der Waals surface area contributed by atoms with Crippen molar-refractivity contribution in [3.8, 4) is 0 Å². The Hall–Kier alpha value is -0.570. The van der Waals surface area contributed by atoms with Crippen LogP contribution in [0, 0.1) is 5.41 Å². The normalized spacial score (nSPS) is 11.7. The molecule has 0 aromatic rings. The topological polar surface area (TPSA) is 26.3 Å². The number of esters is 1. The van der Waals surface area contributed by atoms with Gasteiger partial charge in [-0.05, 0) is 26.2 Å². The van der Waals surface area contributed by atoms with Gasteiger partial charge < -0.3 is 4.74 Å². The van der Waals surface area contributed by atoms with Gasteiger partial charge in [0, 0.05) is 11.4 Å². The second-order valence-corrected chi connectivity index (χ2v) is 6.31. The fourth-order valence-electron chi connectivity index (χ4n) is 0.742. The zero-order valence-electron chi connectivity index (χ0n) is 11.8. The Morgan fingerprint density at radius 3 is 1.82 bits per heavy atom. The summed E-state index contributed by atoms with van der Waals surface area (Å²) < 4.78 is 4.83. The van der Waals surface area contributed by atoms with E-state index >= 15 is 0 Å². The lowest BCUT2D eigenvalue weighted by Gasteiger charge is -2.17. The van der Waals surface area contributed by atoms with Crippen LogP contribution < -0.4 is 0 Å². The van der Waals surface area contributed by atoms with Crippen molar-refractivity contribution in [1.82, 2.24) is 0 Å². The van der Waals surface area contributed by atoms with Crippen molar-refractivity contribution in [3.63, 3.8) is 0 Å². The molecule has 0 aliphatic carbocycles. The average molecular weight is 305 g/mol. The summed E-state index contributed by atoms with van der Waals surface area (Å²) in [6, 6.07) is 0. The molecule has 0 aromatic heterocycles. The first-order valence-corrected chi connectivity index (χ1v) is 6.73. The van der Waals surface area contributed by atoms with Crippen LogP contribution in [0.2, 0.25) is 0 Å². The maximum atomic E-state index is 10.5. The Morgan fingerprint density at radius 1 is 1.24 bits per heavy atom. The molecule has 17 heavy (non-hydrogen) atoms. The number of carbonyl (C=O) groups excluding carboxylic acids is 1. The van der Waals surface area contributed by atoms with Crippen molar-refractivity contribution in [1.29, 1.82) is 0 Å². The zero-order valence-corrected chi connectivity index (χ0v) is 13.4. The van der Waals surface area contributed by atoms with Crippen LogP contribution in [0.4, 0.5) is 0 Å². The Kier molecular flexibility index (Phi) is 9.40. The summed E-state index contributed by atoms with van der Waals surface area (Å²) >= 11 is 3.32. The molecule has 0 heterocycles. The molecule has 0 radical (unpaired) electrons. The van der Waals surface area contributed by atoms with E-state index in [4.69, 9.17) is 4.74 Å². The summed E-state index contributed by atoms with van der Waals surface area (Å²) in [7, 11) is 0. The van der Waals surface area contributed by atoms with Gasteiger partial charge in [-0.2, -0.15) is 0 Å². The Morgan fingerprint density at radius 2 is 1.71 bits per heavy atom. The number of halogens is 1. The number of allylic oxidation sites excluding steroid dienone is 2. The number of rotatable bonds is 2. The highest BCUT2D eigenvalue weighted by Gasteiger charge is 2.12. The van der Waals surface area contributed by atoms with Gasteiger partial charge in [0.1, 0.15) is 5.60 Å². The molecule has 100 valence electrons. The molecule has 0 N–H and O–H groups in total. The lowest BCUT2D eigenvalue weighted by Crippen LogP contribution is -2.22. The Labute approximate surface area is 114 Å². The molecule has 0 aliphatic rings. The molecule has 0 bridgehead atoms. The van der Waals surface area contributed by atoms with E-state index in [1.807, 2.05) is 20.8 Å². The number of alkyl halides is 1. The molecule has 0 unspecified atom stereocenters. The van der Waals surface area contributed by atoms with Gasteiger partial charge in [0.15, 0.2) is 0 Å². The van der Waals surface area contributed by atoms with E-state index in [0.717, 1.165) is 11.4 Å². The van der Waals surface area contributed by atoms with E-state index in [9.17, 15) is 4.79 Å². The summed E-state index contributed by atoms with van der Waals surface area (Å²) in [5.41, 5.74) is -0.0565. The summed E-state index contributed by atoms with van der Waals surface area (Å²) in [4.78, 5) is 10.5. The van der Waals surface area contributed by atoms with Gasteiger partial charge in [-0.25, -0.2) is 4.79 Å². The lowest BCUT2D eigenvalue weighted by molar-refractivity contribution is -0.148. The molecule has 0 atom stereocenters. The predicted molar refractivity (Wildman–Crippen MR) is 78.4 cm³/mol. The molecule has 0 saturated heterocycles. The third-order valence-electron chi connectivity index (χ3n) is 1.28. The molecule has 0 rings (SSSR count). The smallest absolute Gasteiger partial charge is 0.330 e. The standard InChI is InChI=1S/C7H13Br.C7H12O2/c1-7(2,3)5-4-6-8;1-5-6(8)9-7(2,3)4/h4-5H,6H2,1-3H3;5H,1H2,2-4H3. The van der Waals surface area contributed by atoms with Crippen molar-refractivity contribution in [2.45, 2.75) is 47.1 Å². The molecule has 0 spiro atoms. The first-order chi connectivity index (χ1) is 7.52. The first kappa shape index (κ1) is 18.8. The molecule has 0 aromatic carbocycles. The fourth-order valence-corrected chi connectivity index (χ4v) is 0.928. The second-order valence-electron chi connectivity index (χ2n) is 5.66. The summed E-state index contributed by atoms with van der Waals surface area (Å²) in [5, 5.41) is 0.963. The summed E-state index contributed by atoms with van der Waals surface area (Å²) in [6.07, 6.45) is 5.48. The first-order valence-electron chi connectivity index (χ1n) is 5.61. The van der Waals surface area contributed by atoms with Gasteiger partial charge in [0.2, 0.25) is 0 Å². The molecular formula is C14H25BrO2. The quantitative estimate of drug-likeness (QED) is 0.325. The van der Waals surface area contributed by atoms with Crippen LogP contribution in [0.1, 0.15) is 41.5 Å². The summed E-state index contributed by atoms with van der Waals surface area (Å²) in [6.45, 7) is 15.3. The largest absolute Gasteiger partial charge is 0.457 e. The third-order valence-corrected chi connectivity index (χ3v) is 1.65. The van der Waals surface area contributed by atoms with E-state index < -0.39 is 5.60 Å². The van der Waals surface area contributed by atoms with Crippen molar-refractivity contribution in [2.24, 2.45) is 5.41 Å². The van der Waals surface area contributed by atoms with Gasteiger partial charge >= 0.3 is 5.97 Å². The van der Waals surface area contributed by atoms with Crippen molar-refractivity contribution < 1.29 is 9.53 Å². The highest BCUT2D eigenvalue weighted by Crippen LogP contribution is 2.14. The van der Waals surface area contributed by atoms with Gasteiger partial charge in [-0.3, -0.25) is 0 Å². The summed E-state index contributed by atoms with van der Waals surface area (Å²) in [5.74, 6) is -0.373. The maximum absolute atomic E-state index is 10.5. The van der Waals surface area contributed by atoms with E-state index in [0.29, 0.717) is 5.41 Å². The molecule has 3 heteroatoms. The molecule has 0 fully saturated rings. The number of hydrogen-bond acceptors (Lipinski definition) is 2. The van der Waals surface area contributed by atoms with Crippen molar-refractivity contribution in [2.75, 3.05) is 5.33 Å². The Balaban J connectivity index is 0. The molecule has 2 nitrogen and oxygen atoms in total. The molecule has 0 saturated carbocycles. The second kappa shape index (κ2) is 8.51. The van der Waals surface area contributed by atoms with Gasteiger partial charge in [0.25, 0.3) is 0 Å². The van der Waals surface area contributed by atoms with Crippen LogP contribution in [-0.2, 0) is 9.53 Å². The zero-order chi connectivity index (χ0) is 14.1. The van der Waals surface area contributed by atoms with Crippen LogP contribution in [0.15, 0.2) is 24.8 Å². The average Bonchev–Trinajstić information content (AvgIpc) is 2.12. The van der Waals surface area contributed by atoms with Crippen LogP contribution in [0.3, 0.4) is 0 Å². The Bertz CT molecular complexity index is 254. The predicted octanol–water partition coefficient (Wildman–Crippen LogP) is 4.50. The van der Waals surface area contributed by atoms with E-state index in [1.165, 1.54) is 0 Å². The number of carbonyl (C=O) groups is 1.